The molecule has 0 aliphatic carbocycles. The van der Waals surface area contributed by atoms with Gasteiger partial charge in [0.2, 0.25) is 0 Å². The number of fused-ring (bicyclic) bond motifs is 3. The van der Waals surface area contributed by atoms with Gasteiger partial charge in [-0.2, -0.15) is 13.2 Å². The fraction of sp³-hybridized carbons (Fsp3) is 0.190. The van der Waals surface area contributed by atoms with Gasteiger partial charge in [0.05, 0.1) is 11.0 Å². The molecule has 4 rings (SSSR count). The Kier molecular flexibility index (Phi) is 4.58. The summed E-state index contributed by atoms with van der Waals surface area (Å²) >= 11 is 0. The van der Waals surface area contributed by atoms with Crippen molar-refractivity contribution in [2.24, 2.45) is 0 Å². The Balaban J connectivity index is 1.82. The lowest BCUT2D eigenvalue weighted by atomic mass is 10.0. The number of rotatable bonds is 5. The molecule has 0 saturated carbocycles. The van der Waals surface area contributed by atoms with Crippen LogP contribution in [0.3, 0.4) is 0 Å². The van der Waals surface area contributed by atoms with Crippen LogP contribution in [0.15, 0.2) is 55.0 Å². The van der Waals surface area contributed by atoms with E-state index in [1.165, 1.54) is 10.8 Å². The van der Waals surface area contributed by atoms with Crippen molar-refractivity contribution in [3.05, 3.63) is 60.7 Å². The van der Waals surface area contributed by atoms with Gasteiger partial charge in [-0.05, 0) is 30.2 Å². The summed E-state index contributed by atoms with van der Waals surface area (Å²) in [6, 6.07) is 10.7. The van der Waals surface area contributed by atoms with E-state index in [9.17, 15) is 18.0 Å². The van der Waals surface area contributed by atoms with Crippen molar-refractivity contribution in [2.45, 2.75) is 25.6 Å². The average molecular weight is 383 g/mol. The monoisotopic (exact) mass is 383 g/mol. The van der Waals surface area contributed by atoms with E-state index >= 15 is 0 Å². The van der Waals surface area contributed by atoms with Crippen molar-refractivity contribution in [3.8, 4) is 11.1 Å². The number of aryl methyl sites for hydroxylation is 1. The smallest absolute Gasteiger partial charge is 0.331 e. The molecule has 142 valence electrons. The Hall–Kier alpha value is -3.22. The van der Waals surface area contributed by atoms with Gasteiger partial charge in [-0.3, -0.25) is 9.97 Å². The third-order valence-electron chi connectivity index (χ3n) is 4.68. The number of carbonyl (C=O) groups excluding carboxylic acids is 1. The Bertz CT molecular complexity index is 1150. The molecule has 0 N–H and O–H groups in total. The lowest BCUT2D eigenvalue weighted by molar-refractivity contribution is -0.139. The normalized spacial score (nSPS) is 12.0. The summed E-state index contributed by atoms with van der Waals surface area (Å²) in [7, 11) is 0. The second-order valence-corrected chi connectivity index (χ2v) is 6.57. The zero-order valence-electron chi connectivity index (χ0n) is 14.8. The lowest BCUT2D eigenvalue weighted by Crippen LogP contribution is -2.17. The minimum Gasteiger partial charge on any atom is -0.331 e. The van der Waals surface area contributed by atoms with Gasteiger partial charge in [0.25, 0.3) is 0 Å². The van der Waals surface area contributed by atoms with Crippen LogP contribution in [0.1, 0.15) is 12.1 Å². The quantitative estimate of drug-likeness (QED) is 0.459. The first-order chi connectivity index (χ1) is 13.5. The predicted octanol–water partition coefficient (Wildman–Crippen LogP) is 4.95. The van der Waals surface area contributed by atoms with Gasteiger partial charge >= 0.3 is 6.18 Å². The van der Waals surface area contributed by atoms with Crippen molar-refractivity contribution >= 4 is 28.1 Å². The second kappa shape index (κ2) is 7.07. The highest BCUT2D eigenvalue weighted by atomic mass is 19.4. The van der Waals surface area contributed by atoms with Gasteiger partial charge in [-0.25, -0.2) is 0 Å². The molecule has 3 aromatic heterocycles. The van der Waals surface area contributed by atoms with Crippen LogP contribution in [0.4, 0.5) is 13.2 Å². The molecule has 0 aliphatic heterocycles. The number of pyridine rings is 2. The Labute approximate surface area is 158 Å². The van der Waals surface area contributed by atoms with Crippen molar-refractivity contribution in [1.29, 1.82) is 0 Å². The van der Waals surface area contributed by atoms with Crippen LogP contribution < -0.4 is 0 Å². The van der Waals surface area contributed by atoms with Gasteiger partial charge in [0, 0.05) is 47.0 Å². The van der Waals surface area contributed by atoms with Crippen molar-refractivity contribution in [2.75, 3.05) is 0 Å². The van der Waals surface area contributed by atoms with Gasteiger partial charge < -0.3 is 9.36 Å². The Morgan fingerprint density at radius 1 is 0.964 bits per heavy atom. The number of hydrogen-bond acceptors (Lipinski definition) is 3. The van der Waals surface area contributed by atoms with E-state index in [1.807, 2.05) is 24.3 Å². The summed E-state index contributed by atoms with van der Waals surface area (Å²) < 4.78 is 40.8. The van der Waals surface area contributed by atoms with E-state index in [0.717, 1.165) is 28.5 Å². The van der Waals surface area contributed by atoms with Crippen LogP contribution in [0.2, 0.25) is 0 Å². The molecule has 7 heteroatoms. The third kappa shape index (κ3) is 3.47. The molecule has 0 amide bonds. The molecule has 0 radical (unpaired) electrons. The first-order valence-electron chi connectivity index (χ1n) is 8.78. The SMILES string of the molecule is O=CCCc1ccc(-c2ccc3c4cnccc4n(CC(F)(F)F)c3c2)cn1. The molecule has 28 heavy (non-hydrogen) atoms. The number of aldehydes is 1. The number of nitrogens with zero attached hydrogens (tertiary/aromatic N) is 3. The van der Waals surface area contributed by atoms with E-state index in [4.69, 9.17) is 0 Å². The number of carbonyl (C=O) groups is 1. The van der Waals surface area contributed by atoms with Crippen LogP contribution in [-0.2, 0) is 17.8 Å². The molecule has 4 aromatic rings. The molecule has 0 aliphatic rings. The number of benzene rings is 1. The number of hydrogen-bond donors (Lipinski definition) is 0. The van der Waals surface area contributed by atoms with Crippen LogP contribution in [0, 0.1) is 0 Å². The fourth-order valence-corrected chi connectivity index (χ4v) is 3.42. The van der Waals surface area contributed by atoms with Crippen LogP contribution in [0.25, 0.3) is 32.9 Å². The third-order valence-corrected chi connectivity index (χ3v) is 4.68. The first kappa shape index (κ1) is 18.2. The zero-order chi connectivity index (χ0) is 19.7. The molecule has 0 fully saturated rings. The molecule has 0 spiro atoms. The molecule has 4 nitrogen and oxygen atoms in total. The molecular formula is C21H16F3N3O. The summed E-state index contributed by atoms with van der Waals surface area (Å²) in [5.74, 6) is 0. The second-order valence-electron chi connectivity index (χ2n) is 6.57. The maximum atomic E-state index is 13.2. The fourth-order valence-electron chi connectivity index (χ4n) is 3.42. The summed E-state index contributed by atoms with van der Waals surface area (Å²) in [5.41, 5.74) is 3.39. The summed E-state index contributed by atoms with van der Waals surface area (Å²) in [6.45, 7) is -1.07. The van der Waals surface area contributed by atoms with Crippen LogP contribution in [-0.4, -0.2) is 27.0 Å². The molecule has 0 atom stereocenters. The van der Waals surface area contributed by atoms with E-state index in [0.29, 0.717) is 29.3 Å². The van der Waals surface area contributed by atoms with Crippen molar-refractivity contribution in [1.82, 2.24) is 14.5 Å². The highest BCUT2D eigenvalue weighted by Crippen LogP contribution is 2.34. The number of halogens is 3. The molecule has 0 saturated heterocycles. The minimum atomic E-state index is -4.33. The van der Waals surface area contributed by atoms with Gasteiger partial charge in [-0.1, -0.05) is 18.2 Å². The Morgan fingerprint density at radius 2 is 1.79 bits per heavy atom. The lowest BCUT2D eigenvalue weighted by Gasteiger charge is -2.11. The predicted molar refractivity (Wildman–Crippen MR) is 101 cm³/mol. The number of aromatic nitrogens is 3. The zero-order valence-corrected chi connectivity index (χ0v) is 14.8. The minimum absolute atomic E-state index is 0.407. The van der Waals surface area contributed by atoms with E-state index in [2.05, 4.69) is 9.97 Å². The van der Waals surface area contributed by atoms with E-state index in [-0.39, 0.29) is 0 Å². The van der Waals surface area contributed by atoms with Crippen molar-refractivity contribution < 1.29 is 18.0 Å². The maximum Gasteiger partial charge on any atom is 0.406 e. The van der Waals surface area contributed by atoms with Gasteiger partial charge in [0.15, 0.2) is 0 Å². The summed E-state index contributed by atoms with van der Waals surface area (Å²) in [6.07, 6.45) is 2.25. The molecule has 3 heterocycles. The Morgan fingerprint density at radius 3 is 2.50 bits per heavy atom. The summed E-state index contributed by atoms with van der Waals surface area (Å²) in [4.78, 5) is 18.9. The van der Waals surface area contributed by atoms with Crippen molar-refractivity contribution in [3.63, 3.8) is 0 Å². The summed E-state index contributed by atoms with van der Waals surface area (Å²) in [5, 5.41) is 1.42. The number of alkyl halides is 3. The molecule has 0 unspecified atom stereocenters. The highest BCUT2D eigenvalue weighted by Gasteiger charge is 2.29. The average Bonchev–Trinajstić information content (AvgIpc) is 2.99. The van der Waals surface area contributed by atoms with Gasteiger partial charge in [-0.15, -0.1) is 0 Å². The van der Waals surface area contributed by atoms with Crippen LogP contribution >= 0.6 is 0 Å². The molecular weight excluding hydrogens is 367 g/mol. The molecule has 0 bridgehead atoms. The van der Waals surface area contributed by atoms with Crippen LogP contribution in [0.5, 0.6) is 0 Å². The largest absolute Gasteiger partial charge is 0.406 e. The first-order valence-corrected chi connectivity index (χ1v) is 8.78. The highest BCUT2D eigenvalue weighted by molar-refractivity contribution is 6.08. The standard InChI is InChI=1S/C21H16F3N3O/c22-21(23,24)13-27-19-7-8-25-12-18(19)17-6-4-14(10-20(17)27)15-3-5-16(26-11-15)2-1-9-28/h3-12H,1-2,13H2. The van der Waals surface area contributed by atoms with E-state index in [1.54, 1.807) is 24.5 Å². The molecule has 1 aromatic carbocycles. The maximum absolute atomic E-state index is 13.2. The topological polar surface area (TPSA) is 47.8 Å². The van der Waals surface area contributed by atoms with E-state index < -0.39 is 12.7 Å². The van der Waals surface area contributed by atoms with Gasteiger partial charge in [0.1, 0.15) is 12.8 Å².